The van der Waals surface area contributed by atoms with Gasteiger partial charge < -0.3 is 15.2 Å². The van der Waals surface area contributed by atoms with Crippen molar-refractivity contribution in [1.82, 2.24) is 15.1 Å². The van der Waals surface area contributed by atoms with Gasteiger partial charge in [-0.05, 0) is 44.9 Å². The molecule has 0 aliphatic heterocycles. The number of nitrogens with zero attached hydrogens (tertiary/aromatic N) is 2. The molecule has 0 fully saturated rings. The van der Waals surface area contributed by atoms with Crippen molar-refractivity contribution in [2.24, 2.45) is 0 Å². The van der Waals surface area contributed by atoms with Crippen LogP contribution in [0.25, 0.3) is 0 Å². The molecule has 0 amide bonds. The molecule has 0 atom stereocenters. The van der Waals surface area contributed by atoms with Crippen molar-refractivity contribution in [1.29, 1.82) is 0 Å². The van der Waals surface area contributed by atoms with Crippen LogP contribution in [-0.4, -0.2) is 28.1 Å². The Bertz CT molecular complexity index is 650. The summed E-state index contributed by atoms with van der Waals surface area (Å²) >= 11 is 0. The van der Waals surface area contributed by atoms with E-state index in [0.29, 0.717) is 13.2 Å². The Morgan fingerprint density at radius 1 is 1.22 bits per heavy atom. The van der Waals surface area contributed by atoms with E-state index in [1.807, 2.05) is 31.5 Å². The summed E-state index contributed by atoms with van der Waals surface area (Å²) in [7, 11) is 0. The Morgan fingerprint density at radius 3 is 2.65 bits per heavy atom. The standard InChI is InChI=1S/C18H27N3O2/c1-5-23-18-7-6-16(10-13(18)2)11-19-12-17-14(3)20-21(8-9-22)15(17)4/h6-7,10,19,22H,5,8-9,11-12H2,1-4H3. The Hall–Kier alpha value is -1.85. The molecular weight excluding hydrogens is 290 g/mol. The molecule has 2 rings (SSSR count). The minimum Gasteiger partial charge on any atom is -0.494 e. The van der Waals surface area contributed by atoms with Crippen LogP contribution in [0.3, 0.4) is 0 Å². The number of nitrogens with one attached hydrogen (secondary N) is 1. The smallest absolute Gasteiger partial charge is 0.122 e. The first-order valence-electron chi connectivity index (χ1n) is 8.13. The van der Waals surface area contributed by atoms with Crippen molar-refractivity contribution < 1.29 is 9.84 Å². The van der Waals surface area contributed by atoms with E-state index in [1.54, 1.807) is 0 Å². The van der Waals surface area contributed by atoms with Gasteiger partial charge in [-0.25, -0.2) is 0 Å². The van der Waals surface area contributed by atoms with Crippen LogP contribution in [0.5, 0.6) is 5.75 Å². The van der Waals surface area contributed by atoms with E-state index in [4.69, 9.17) is 9.84 Å². The summed E-state index contributed by atoms with van der Waals surface area (Å²) in [6.45, 7) is 11.1. The van der Waals surface area contributed by atoms with Gasteiger partial charge in [-0.1, -0.05) is 12.1 Å². The number of hydrogen-bond donors (Lipinski definition) is 2. The van der Waals surface area contributed by atoms with Gasteiger partial charge in [-0.2, -0.15) is 5.10 Å². The van der Waals surface area contributed by atoms with Gasteiger partial charge in [-0.15, -0.1) is 0 Å². The Labute approximate surface area is 138 Å². The third-order valence-corrected chi connectivity index (χ3v) is 4.01. The zero-order valence-electron chi connectivity index (χ0n) is 14.5. The third-order valence-electron chi connectivity index (χ3n) is 4.01. The highest BCUT2D eigenvalue weighted by Gasteiger charge is 2.10. The number of rotatable bonds is 8. The molecule has 23 heavy (non-hydrogen) atoms. The quantitative estimate of drug-likeness (QED) is 0.785. The normalized spacial score (nSPS) is 11.0. The van der Waals surface area contributed by atoms with Gasteiger partial charge in [0.1, 0.15) is 5.75 Å². The largest absolute Gasteiger partial charge is 0.494 e. The average molecular weight is 317 g/mol. The summed E-state index contributed by atoms with van der Waals surface area (Å²) in [5, 5.41) is 17.0. The van der Waals surface area contributed by atoms with Crippen LogP contribution in [0.4, 0.5) is 0 Å². The van der Waals surface area contributed by atoms with Gasteiger partial charge in [0, 0.05) is 24.3 Å². The summed E-state index contributed by atoms with van der Waals surface area (Å²) in [6, 6.07) is 6.29. The number of aliphatic hydroxyl groups excluding tert-OH is 1. The first-order chi connectivity index (χ1) is 11.1. The van der Waals surface area contributed by atoms with E-state index in [-0.39, 0.29) is 6.61 Å². The van der Waals surface area contributed by atoms with Crippen molar-refractivity contribution in [3.63, 3.8) is 0 Å². The first kappa shape index (κ1) is 17.5. The van der Waals surface area contributed by atoms with E-state index in [0.717, 1.165) is 35.8 Å². The first-order valence-corrected chi connectivity index (χ1v) is 8.13. The fourth-order valence-electron chi connectivity index (χ4n) is 2.77. The monoisotopic (exact) mass is 317 g/mol. The number of benzene rings is 1. The molecule has 0 aliphatic carbocycles. The second-order valence-electron chi connectivity index (χ2n) is 5.73. The second-order valence-corrected chi connectivity index (χ2v) is 5.73. The van der Waals surface area contributed by atoms with Gasteiger partial charge in [-0.3, -0.25) is 4.68 Å². The summed E-state index contributed by atoms with van der Waals surface area (Å²) in [6.07, 6.45) is 0. The highest BCUT2D eigenvalue weighted by atomic mass is 16.5. The molecule has 0 saturated heterocycles. The van der Waals surface area contributed by atoms with Crippen LogP contribution in [0, 0.1) is 20.8 Å². The maximum Gasteiger partial charge on any atom is 0.122 e. The highest BCUT2D eigenvalue weighted by molar-refractivity contribution is 5.36. The minimum atomic E-state index is 0.111. The molecule has 5 heteroatoms. The molecule has 0 bridgehead atoms. The Morgan fingerprint density at radius 2 is 2.00 bits per heavy atom. The van der Waals surface area contributed by atoms with Crippen LogP contribution in [-0.2, 0) is 19.6 Å². The fourth-order valence-corrected chi connectivity index (χ4v) is 2.77. The molecule has 126 valence electrons. The van der Waals surface area contributed by atoms with E-state index in [9.17, 15) is 0 Å². The van der Waals surface area contributed by atoms with E-state index < -0.39 is 0 Å². The van der Waals surface area contributed by atoms with Crippen LogP contribution < -0.4 is 10.1 Å². The zero-order chi connectivity index (χ0) is 16.8. The molecule has 2 aromatic rings. The molecule has 1 aromatic heterocycles. The van der Waals surface area contributed by atoms with Crippen molar-refractivity contribution in [3.8, 4) is 5.75 Å². The lowest BCUT2D eigenvalue weighted by Crippen LogP contribution is -2.14. The van der Waals surface area contributed by atoms with Crippen molar-refractivity contribution >= 4 is 0 Å². The lowest BCUT2D eigenvalue weighted by Gasteiger charge is -2.10. The van der Waals surface area contributed by atoms with Gasteiger partial charge in [0.15, 0.2) is 0 Å². The molecule has 0 saturated carbocycles. The van der Waals surface area contributed by atoms with Crippen LogP contribution in [0.1, 0.15) is 35.0 Å². The van der Waals surface area contributed by atoms with Gasteiger partial charge in [0.05, 0.1) is 25.5 Å². The molecule has 1 heterocycles. The van der Waals surface area contributed by atoms with Crippen LogP contribution in [0.2, 0.25) is 0 Å². The van der Waals surface area contributed by atoms with E-state index >= 15 is 0 Å². The molecule has 0 aliphatic rings. The van der Waals surface area contributed by atoms with Crippen molar-refractivity contribution in [2.75, 3.05) is 13.2 Å². The van der Waals surface area contributed by atoms with Crippen LogP contribution in [0.15, 0.2) is 18.2 Å². The van der Waals surface area contributed by atoms with Crippen molar-refractivity contribution in [3.05, 3.63) is 46.3 Å². The molecule has 1 aromatic carbocycles. The van der Waals surface area contributed by atoms with Crippen molar-refractivity contribution in [2.45, 2.75) is 47.3 Å². The predicted molar refractivity (Wildman–Crippen MR) is 91.7 cm³/mol. The van der Waals surface area contributed by atoms with Gasteiger partial charge >= 0.3 is 0 Å². The Balaban J connectivity index is 1.96. The number of aromatic nitrogens is 2. The SMILES string of the molecule is CCOc1ccc(CNCc2c(C)nn(CCO)c2C)cc1C. The average Bonchev–Trinajstić information content (AvgIpc) is 2.78. The van der Waals surface area contributed by atoms with E-state index in [2.05, 4.69) is 29.5 Å². The zero-order valence-corrected chi connectivity index (χ0v) is 14.5. The molecule has 0 spiro atoms. The van der Waals surface area contributed by atoms with Gasteiger partial charge in [0.2, 0.25) is 0 Å². The number of aliphatic hydroxyl groups is 1. The summed E-state index contributed by atoms with van der Waals surface area (Å²) in [5.74, 6) is 0.952. The topological polar surface area (TPSA) is 59.3 Å². The molecule has 0 unspecified atom stereocenters. The molecule has 2 N–H and O–H groups in total. The predicted octanol–water partition coefficient (Wildman–Crippen LogP) is 2.49. The summed E-state index contributed by atoms with van der Waals surface area (Å²) in [5.41, 5.74) is 5.75. The van der Waals surface area contributed by atoms with Crippen LogP contribution >= 0.6 is 0 Å². The molecule has 5 nitrogen and oxygen atoms in total. The third kappa shape index (κ3) is 4.33. The van der Waals surface area contributed by atoms with E-state index in [1.165, 1.54) is 11.1 Å². The van der Waals surface area contributed by atoms with Gasteiger partial charge in [0.25, 0.3) is 0 Å². The highest BCUT2D eigenvalue weighted by Crippen LogP contribution is 2.19. The summed E-state index contributed by atoms with van der Waals surface area (Å²) < 4.78 is 7.44. The number of ether oxygens (including phenoxy) is 1. The lowest BCUT2D eigenvalue weighted by molar-refractivity contribution is 0.267. The maximum absolute atomic E-state index is 9.07. The minimum absolute atomic E-state index is 0.111. The number of aryl methyl sites for hydroxylation is 2. The number of hydrogen-bond acceptors (Lipinski definition) is 4. The lowest BCUT2D eigenvalue weighted by atomic mass is 10.1. The fraction of sp³-hybridized carbons (Fsp3) is 0.500. The maximum atomic E-state index is 9.07. The second kappa shape index (κ2) is 8.13. The molecular formula is C18H27N3O2. The summed E-state index contributed by atoms with van der Waals surface area (Å²) in [4.78, 5) is 0. The Kier molecular flexibility index (Phi) is 6.19. The molecule has 0 radical (unpaired) electrons.